The SMILES string of the molecule is COc1ccc(/C=C(/C#N)c2nc(-c3ccc(C)cc3)no2)c(OC)c1. The minimum atomic E-state index is 0.154. The molecule has 6 heteroatoms. The van der Waals surface area contributed by atoms with Gasteiger partial charge in [-0.1, -0.05) is 35.0 Å². The molecular formula is C20H17N3O3. The monoisotopic (exact) mass is 347 g/mol. The predicted octanol–water partition coefficient (Wildman–Crippen LogP) is 4.13. The average molecular weight is 347 g/mol. The molecule has 6 nitrogen and oxygen atoms in total. The van der Waals surface area contributed by atoms with Gasteiger partial charge in [0, 0.05) is 17.2 Å². The zero-order valence-electron chi connectivity index (χ0n) is 14.7. The smallest absolute Gasteiger partial charge is 0.268 e. The van der Waals surface area contributed by atoms with Crippen molar-refractivity contribution in [2.24, 2.45) is 0 Å². The van der Waals surface area contributed by atoms with Gasteiger partial charge in [0.15, 0.2) is 0 Å². The largest absolute Gasteiger partial charge is 0.497 e. The van der Waals surface area contributed by atoms with E-state index < -0.39 is 0 Å². The maximum Gasteiger partial charge on any atom is 0.268 e. The number of hydrogen-bond acceptors (Lipinski definition) is 6. The number of benzene rings is 2. The summed E-state index contributed by atoms with van der Waals surface area (Å²) in [4.78, 5) is 4.33. The van der Waals surface area contributed by atoms with E-state index in [-0.39, 0.29) is 11.5 Å². The molecule has 0 atom stereocenters. The predicted molar refractivity (Wildman–Crippen MR) is 97.5 cm³/mol. The van der Waals surface area contributed by atoms with Crippen molar-refractivity contribution in [2.45, 2.75) is 6.92 Å². The van der Waals surface area contributed by atoms with E-state index in [1.807, 2.05) is 31.2 Å². The van der Waals surface area contributed by atoms with E-state index in [1.54, 1.807) is 38.5 Å². The standard InChI is InChI=1S/C20H17N3O3/c1-13-4-6-14(7-5-13)19-22-20(26-23-19)16(12-21)10-15-8-9-17(24-2)11-18(15)25-3/h4-11H,1-3H3/b16-10-. The van der Waals surface area contributed by atoms with Crippen LogP contribution in [-0.4, -0.2) is 24.4 Å². The second-order valence-electron chi connectivity index (χ2n) is 5.57. The molecule has 0 spiro atoms. The van der Waals surface area contributed by atoms with E-state index in [2.05, 4.69) is 16.2 Å². The number of hydrogen-bond donors (Lipinski definition) is 0. The van der Waals surface area contributed by atoms with E-state index in [0.717, 1.165) is 11.1 Å². The Hall–Kier alpha value is -3.59. The van der Waals surface area contributed by atoms with Crippen molar-refractivity contribution >= 4 is 11.6 Å². The van der Waals surface area contributed by atoms with E-state index in [4.69, 9.17) is 14.0 Å². The van der Waals surface area contributed by atoms with Crippen molar-refractivity contribution in [3.8, 4) is 29.0 Å². The molecule has 130 valence electrons. The zero-order valence-corrected chi connectivity index (χ0v) is 14.7. The Bertz CT molecular complexity index is 982. The third-order valence-corrected chi connectivity index (χ3v) is 3.83. The van der Waals surface area contributed by atoms with E-state index in [0.29, 0.717) is 22.9 Å². The van der Waals surface area contributed by atoms with Crippen LogP contribution in [0.3, 0.4) is 0 Å². The summed E-state index contributed by atoms with van der Waals surface area (Å²) in [5.41, 5.74) is 2.92. The maximum absolute atomic E-state index is 9.51. The van der Waals surface area contributed by atoms with Crippen LogP contribution in [0.5, 0.6) is 11.5 Å². The molecule has 0 N–H and O–H groups in total. The number of allylic oxidation sites excluding steroid dienone is 1. The minimum absolute atomic E-state index is 0.154. The first-order valence-electron chi connectivity index (χ1n) is 7.89. The molecule has 0 amide bonds. The lowest BCUT2D eigenvalue weighted by Crippen LogP contribution is -1.91. The summed E-state index contributed by atoms with van der Waals surface area (Å²) in [6.07, 6.45) is 1.64. The van der Waals surface area contributed by atoms with Gasteiger partial charge in [-0.2, -0.15) is 10.2 Å². The molecule has 0 unspecified atom stereocenters. The summed E-state index contributed by atoms with van der Waals surface area (Å²) in [6.45, 7) is 2.00. The zero-order chi connectivity index (χ0) is 18.5. The molecule has 3 aromatic rings. The van der Waals surface area contributed by atoms with Gasteiger partial charge in [0.2, 0.25) is 5.82 Å². The number of aromatic nitrogens is 2. The number of ether oxygens (including phenoxy) is 2. The number of methoxy groups -OCH3 is 2. The molecule has 26 heavy (non-hydrogen) atoms. The van der Waals surface area contributed by atoms with Crippen LogP contribution in [0.25, 0.3) is 23.0 Å². The van der Waals surface area contributed by atoms with Crippen molar-refractivity contribution < 1.29 is 14.0 Å². The van der Waals surface area contributed by atoms with Gasteiger partial charge < -0.3 is 14.0 Å². The van der Waals surface area contributed by atoms with Crippen molar-refractivity contribution in [3.63, 3.8) is 0 Å². The molecular weight excluding hydrogens is 330 g/mol. The normalized spacial score (nSPS) is 11.1. The van der Waals surface area contributed by atoms with Crippen molar-refractivity contribution in [1.82, 2.24) is 10.1 Å². The van der Waals surface area contributed by atoms with Crippen LogP contribution in [0.15, 0.2) is 47.0 Å². The Morgan fingerprint density at radius 2 is 1.88 bits per heavy atom. The van der Waals surface area contributed by atoms with Gasteiger partial charge in [-0.25, -0.2) is 0 Å². The molecule has 0 radical (unpaired) electrons. The summed E-state index contributed by atoms with van der Waals surface area (Å²) >= 11 is 0. The second-order valence-corrected chi connectivity index (χ2v) is 5.57. The summed E-state index contributed by atoms with van der Waals surface area (Å²) in [6, 6.07) is 15.2. The van der Waals surface area contributed by atoms with Crippen LogP contribution in [0.4, 0.5) is 0 Å². The first-order valence-corrected chi connectivity index (χ1v) is 7.89. The highest BCUT2D eigenvalue weighted by Gasteiger charge is 2.14. The fraction of sp³-hybridized carbons (Fsp3) is 0.150. The molecule has 0 aliphatic carbocycles. The van der Waals surface area contributed by atoms with Crippen LogP contribution in [0.2, 0.25) is 0 Å². The lowest BCUT2D eigenvalue weighted by atomic mass is 10.1. The highest BCUT2D eigenvalue weighted by molar-refractivity contribution is 5.88. The number of rotatable bonds is 5. The molecule has 1 aromatic heterocycles. The Morgan fingerprint density at radius 1 is 1.12 bits per heavy atom. The molecule has 0 bridgehead atoms. The Morgan fingerprint density at radius 3 is 2.54 bits per heavy atom. The van der Waals surface area contributed by atoms with Gasteiger partial charge in [0.1, 0.15) is 23.1 Å². The molecule has 0 saturated carbocycles. The van der Waals surface area contributed by atoms with Crippen LogP contribution in [-0.2, 0) is 0 Å². The van der Waals surface area contributed by atoms with E-state index >= 15 is 0 Å². The summed E-state index contributed by atoms with van der Waals surface area (Å²) in [7, 11) is 3.14. The van der Waals surface area contributed by atoms with Crippen LogP contribution < -0.4 is 9.47 Å². The minimum Gasteiger partial charge on any atom is -0.497 e. The molecule has 0 fully saturated rings. The third-order valence-electron chi connectivity index (χ3n) is 3.83. The van der Waals surface area contributed by atoms with Gasteiger partial charge in [0.25, 0.3) is 5.89 Å². The fourth-order valence-corrected chi connectivity index (χ4v) is 2.39. The van der Waals surface area contributed by atoms with Crippen molar-refractivity contribution in [1.29, 1.82) is 5.26 Å². The first-order chi connectivity index (χ1) is 12.6. The molecule has 1 heterocycles. The number of nitrogens with zero attached hydrogens (tertiary/aromatic N) is 3. The maximum atomic E-state index is 9.51. The lowest BCUT2D eigenvalue weighted by molar-refractivity contribution is 0.393. The average Bonchev–Trinajstić information content (AvgIpc) is 3.16. The topological polar surface area (TPSA) is 81.2 Å². The molecule has 0 aliphatic rings. The number of nitriles is 1. The van der Waals surface area contributed by atoms with E-state index in [9.17, 15) is 5.26 Å². The Labute approximate surface area is 151 Å². The first kappa shape index (κ1) is 17.2. The third kappa shape index (κ3) is 3.57. The molecule has 2 aromatic carbocycles. The van der Waals surface area contributed by atoms with Crippen LogP contribution >= 0.6 is 0 Å². The highest BCUT2D eigenvalue weighted by Crippen LogP contribution is 2.28. The Balaban J connectivity index is 1.96. The Kier molecular flexibility index (Phi) is 4.99. The van der Waals surface area contributed by atoms with Gasteiger partial charge in [-0.15, -0.1) is 0 Å². The van der Waals surface area contributed by atoms with E-state index in [1.165, 1.54) is 0 Å². The molecule has 3 rings (SSSR count). The second kappa shape index (κ2) is 7.53. The van der Waals surface area contributed by atoms with Crippen LogP contribution in [0, 0.1) is 18.3 Å². The lowest BCUT2D eigenvalue weighted by Gasteiger charge is -2.07. The summed E-state index contributed by atoms with van der Waals surface area (Å²) in [5, 5.41) is 13.5. The van der Waals surface area contributed by atoms with Gasteiger partial charge in [-0.3, -0.25) is 0 Å². The van der Waals surface area contributed by atoms with Gasteiger partial charge in [0.05, 0.1) is 14.2 Å². The quantitative estimate of drug-likeness (QED) is 0.646. The fourth-order valence-electron chi connectivity index (χ4n) is 2.39. The number of aryl methyl sites for hydroxylation is 1. The van der Waals surface area contributed by atoms with Gasteiger partial charge in [-0.05, 0) is 25.1 Å². The van der Waals surface area contributed by atoms with Gasteiger partial charge >= 0.3 is 0 Å². The molecule has 0 aliphatic heterocycles. The molecule has 0 saturated heterocycles. The van der Waals surface area contributed by atoms with Crippen molar-refractivity contribution in [2.75, 3.05) is 14.2 Å². The van der Waals surface area contributed by atoms with Crippen molar-refractivity contribution in [3.05, 3.63) is 59.5 Å². The summed E-state index contributed by atoms with van der Waals surface area (Å²) in [5.74, 6) is 1.83. The highest BCUT2D eigenvalue weighted by atomic mass is 16.5. The summed E-state index contributed by atoms with van der Waals surface area (Å²) < 4.78 is 15.8. The van der Waals surface area contributed by atoms with Crippen LogP contribution in [0.1, 0.15) is 17.0 Å².